The lowest BCUT2D eigenvalue weighted by molar-refractivity contribution is -0.0503. The van der Waals surface area contributed by atoms with Crippen molar-refractivity contribution in [3.8, 4) is 5.75 Å². The number of hydrogen-bond acceptors (Lipinski definition) is 3. The number of rotatable bonds is 5. The zero-order chi connectivity index (χ0) is 15.4. The zero-order valence-electron chi connectivity index (χ0n) is 10.7. The average Bonchev–Trinajstić information content (AvgIpc) is 2.42. The van der Waals surface area contributed by atoms with Gasteiger partial charge < -0.3 is 10.5 Å². The number of nitrogen functional groups attached to an aromatic ring is 1. The van der Waals surface area contributed by atoms with E-state index >= 15 is 0 Å². The number of hydrogen-bond donors (Lipinski definition) is 1. The molecule has 0 fully saturated rings. The van der Waals surface area contributed by atoms with Crippen LogP contribution in [0.3, 0.4) is 0 Å². The van der Waals surface area contributed by atoms with Gasteiger partial charge in [-0.1, -0.05) is 23.2 Å². The van der Waals surface area contributed by atoms with Gasteiger partial charge in [-0.25, -0.2) is 0 Å². The molecule has 0 atom stereocenters. The number of halogens is 4. The summed E-state index contributed by atoms with van der Waals surface area (Å²) in [5, 5.41) is 1.01. The van der Waals surface area contributed by atoms with Gasteiger partial charge in [0.15, 0.2) is 0 Å². The third-order valence-corrected chi connectivity index (χ3v) is 4.19. The van der Waals surface area contributed by atoms with Crippen molar-refractivity contribution in [2.45, 2.75) is 17.3 Å². The fourth-order valence-electron chi connectivity index (χ4n) is 1.66. The Morgan fingerprint density at radius 2 is 1.76 bits per heavy atom. The molecule has 0 amide bonds. The first-order valence-electron chi connectivity index (χ1n) is 5.87. The highest BCUT2D eigenvalue weighted by Crippen LogP contribution is 2.34. The standard InChI is InChI=1S/C14H11Cl2F2NOS/c15-9-2-4-12(20-14(17)18)8(5-9)7-21-13-6-10(16)1-3-11(13)19/h1-6,14H,7,19H2. The van der Waals surface area contributed by atoms with E-state index < -0.39 is 6.61 Å². The molecule has 2 N–H and O–H groups in total. The average molecular weight is 350 g/mol. The van der Waals surface area contributed by atoms with Crippen LogP contribution < -0.4 is 10.5 Å². The SMILES string of the molecule is Nc1ccc(Cl)cc1SCc1cc(Cl)ccc1OC(F)F. The molecule has 112 valence electrons. The Morgan fingerprint density at radius 1 is 1.10 bits per heavy atom. The normalized spacial score (nSPS) is 10.9. The molecule has 0 bridgehead atoms. The first-order valence-corrected chi connectivity index (χ1v) is 7.61. The van der Waals surface area contributed by atoms with Crippen molar-refractivity contribution in [2.75, 3.05) is 5.73 Å². The van der Waals surface area contributed by atoms with E-state index in [1.807, 2.05) is 0 Å². The van der Waals surface area contributed by atoms with Gasteiger partial charge in [0.05, 0.1) is 0 Å². The number of benzene rings is 2. The van der Waals surface area contributed by atoms with Crippen molar-refractivity contribution < 1.29 is 13.5 Å². The summed E-state index contributed by atoms with van der Waals surface area (Å²) in [7, 11) is 0. The molecule has 2 aromatic rings. The molecule has 0 unspecified atom stereocenters. The quantitative estimate of drug-likeness (QED) is 0.574. The molecule has 21 heavy (non-hydrogen) atoms. The lowest BCUT2D eigenvalue weighted by Gasteiger charge is -2.12. The lowest BCUT2D eigenvalue weighted by atomic mass is 10.2. The number of nitrogens with two attached hydrogens (primary N) is 1. The summed E-state index contributed by atoms with van der Waals surface area (Å²) in [6.07, 6.45) is 0. The maximum Gasteiger partial charge on any atom is 0.387 e. The predicted octanol–water partition coefficient (Wildman–Crippen LogP) is 5.47. The maximum atomic E-state index is 12.4. The molecule has 2 aromatic carbocycles. The second-order valence-electron chi connectivity index (χ2n) is 4.10. The summed E-state index contributed by atoms with van der Waals surface area (Å²) in [4.78, 5) is 0.769. The predicted molar refractivity (Wildman–Crippen MR) is 83.5 cm³/mol. The second kappa shape index (κ2) is 7.20. The third-order valence-electron chi connectivity index (χ3n) is 2.60. The fraction of sp³-hybridized carbons (Fsp3) is 0.143. The van der Waals surface area contributed by atoms with Crippen LogP contribution in [-0.2, 0) is 5.75 Å². The second-order valence-corrected chi connectivity index (χ2v) is 5.99. The van der Waals surface area contributed by atoms with E-state index in [0.717, 1.165) is 4.90 Å². The van der Waals surface area contributed by atoms with E-state index in [-0.39, 0.29) is 5.75 Å². The van der Waals surface area contributed by atoms with Gasteiger partial charge in [-0.05, 0) is 36.4 Å². The molecule has 7 heteroatoms. The Bertz CT molecular complexity index is 640. The van der Waals surface area contributed by atoms with Gasteiger partial charge in [0.25, 0.3) is 0 Å². The molecular formula is C14H11Cl2F2NOS. The van der Waals surface area contributed by atoms with Crippen molar-refractivity contribution in [1.82, 2.24) is 0 Å². The molecule has 0 heterocycles. The van der Waals surface area contributed by atoms with Crippen LogP contribution in [-0.4, -0.2) is 6.61 Å². The molecular weight excluding hydrogens is 339 g/mol. The zero-order valence-corrected chi connectivity index (χ0v) is 13.0. The number of anilines is 1. The van der Waals surface area contributed by atoms with Gasteiger partial charge in [-0.2, -0.15) is 8.78 Å². The Labute approximate surface area is 135 Å². The van der Waals surface area contributed by atoms with Crippen LogP contribution in [0.1, 0.15) is 5.56 Å². The topological polar surface area (TPSA) is 35.2 Å². The molecule has 0 saturated carbocycles. The van der Waals surface area contributed by atoms with Crippen molar-refractivity contribution >= 4 is 40.7 Å². The number of ether oxygens (including phenoxy) is 1. The van der Waals surface area contributed by atoms with E-state index in [1.54, 1.807) is 24.3 Å². The Hall–Kier alpha value is -1.17. The summed E-state index contributed by atoms with van der Waals surface area (Å²) >= 11 is 13.2. The van der Waals surface area contributed by atoms with Crippen LogP contribution in [0.15, 0.2) is 41.3 Å². The van der Waals surface area contributed by atoms with E-state index in [4.69, 9.17) is 28.9 Å². The Kier molecular flexibility index (Phi) is 5.56. The van der Waals surface area contributed by atoms with Crippen molar-refractivity contribution in [3.05, 3.63) is 52.0 Å². The summed E-state index contributed by atoms with van der Waals surface area (Å²) in [5.41, 5.74) is 6.98. The van der Waals surface area contributed by atoms with Crippen molar-refractivity contribution in [1.29, 1.82) is 0 Å². The Morgan fingerprint density at radius 3 is 2.48 bits per heavy atom. The Balaban J connectivity index is 2.18. The molecule has 0 spiro atoms. The highest BCUT2D eigenvalue weighted by atomic mass is 35.5. The molecule has 0 aliphatic rings. The molecule has 2 nitrogen and oxygen atoms in total. The highest BCUT2D eigenvalue weighted by molar-refractivity contribution is 7.98. The summed E-state index contributed by atoms with van der Waals surface area (Å²) < 4.78 is 29.2. The van der Waals surface area contributed by atoms with Gasteiger partial charge >= 0.3 is 6.61 Å². The van der Waals surface area contributed by atoms with Crippen molar-refractivity contribution in [2.24, 2.45) is 0 Å². The van der Waals surface area contributed by atoms with Gasteiger partial charge in [0.1, 0.15) is 5.75 Å². The van der Waals surface area contributed by atoms with Crippen LogP contribution >= 0.6 is 35.0 Å². The summed E-state index contributed by atoms with van der Waals surface area (Å²) in [6, 6.07) is 9.62. The molecule has 0 aromatic heterocycles. The fourth-order valence-corrected chi connectivity index (χ4v) is 3.07. The largest absolute Gasteiger partial charge is 0.435 e. The number of thioether (sulfide) groups is 1. The molecule has 0 radical (unpaired) electrons. The lowest BCUT2D eigenvalue weighted by Crippen LogP contribution is -2.04. The first kappa shape index (κ1) is 16.2. The highest BCUT2D eigenvalue weighted by Gasteiger charge is 2.11. The first-order chi connectivity index (χ1) is 9.95. The minimum atomic E-state index is -2.88. The van der Waals surface area contributed by atoms with Gasteiger partial charge in [-0.15, -0.1) is 11.8 Å². The van der Waals surface area contributed by atoms with E-state index in [2.05, 4.69) is 4.74 Å². The smallest absolute Gasteiger partial charge is 0.387 e. The van der Waals surface area contributed by atoms with Crippen LogP contribution in [0, 0.1) is 0 Å². The molecule has 0 aliphatic heterocycles. The van der Waals surface area contributed by atoms with Crippen LogP contribution in [0.25, 0.3) is 0 Å². The van der Waals surface area contributed by atoms with Crippen LogP contribution in [0.5, 0.6) is 5.75 Å². The monoisotopic (exact) mass is 349 g/mol. The number of alkyl halides is 2. The minimum absolute atomic E-state index is 0.0995. The molecule has 0 aliphatic carbocycles. The van der Waals surface area contributed by atoms with E-state index in [9.17, 15) is 8.78 Å². The summed E-state index contributed by atoms with van der Waals surface area (Å²) in [6.45, 7) is -2.88. The minimum Gasteiger partial charge on any atom is -0.435 e. The van der Waals surface area contributed by atoms with Gasteiger partial charge in [-0.3, -0.25) is 0 Å². The van der Waals surface area contributed by atoms with Crippen LogP contribution in [0.2, 0.25) is 10.0 Å². The van der Waals surface area contributed by atoms with Gasteiger partial charge in [0.2, 0.25) is 0 Å². The summed E-state index contributed by atoms with van der Waals surface area (Å²) in [5.74, 6) is 0.482. The van der Waals surface area contributed by atoms with E-state index in [1.165, 1.54) is 23.9 Å². The van der Waals surface area contributed by atoms with Gasteiger partial charge in [0, 0.05) is 31.9 Å². The third kappa shape index (κ3) is 4.66. The van der Waals surface area contributed by atoms with E-state index in [0.29, 0.717) is 27.0 Å². The van der Waals surface area contributed by atoms with Crippen LogP contribution in [0.4, 0.5) is 14.5 Å². The molecule has 2 rings (SSSR count). The van der Waals surface area contributed by atoms with Crippen molar-refractivity contribution in [3.63, 3.8) is 0 Å². The molecule has 0 saturated heterocycles. The maximum absolute atomic E-state index is 12.4.